The van der Waals surface area contributed by atoms with Gasteiger partial charge in [-0.1, -0.05) is 20.3 Å². The normalized spacial score (nSPS) is 43.4. The number of thioether (sulfide) groups is 1. The van der Waals surface area contributed by atoms with Gasteiger partial charge in [-0.15, -0.1) is 11.8 Å². The van der Waals surface area contributed by atoms with Gasteiger partial charge in [-0.25, -0.2) is 0 Å². The summed E-state index contributed by atoms with van der Waals surface area (Å²) in [5, 5.41) is 4.43. The Morgan fingerprint density at radius 1 is 1.19 bits per heavy atom. The number of methoxy groups -OCH3 is 1. The summed E-state index contributed by atoms with van der Waals surface area (Å²) in [7, 11) is 1.92. The van der Waals surface area contributed by atoms with E-state index in [-0.39, 0.29) is 11.3 Å². The molecule has 4 nitrogen and oxygen atoms in total. The number of carbonyl (C=O) groups is 1. The van der Waals surface area contributed by atoms with Crippen molar-refractivity contribution in [3.8, 4) is 0 Å². The second-order valence-electron chi connectivity index (χ2n) is 11.9. The standard InChI is InChI=1S/C27H42N2O2S/c1-18-9-12-27(17-31-3)19(13-18)5-6-21-22-7-8-24(26(22,2)11-10-23(21)27)25(30)16-29-15-20(32-4)14-28-29/h14-15,18-19,21-24H,5-13,16-17H2,1-4H3. The van der Waals surface area contributed by atoms with Crippen molar-refractivity contribution in [1.29, 1.82) is 0 Å². The van der Waals surface area contributed by atoms with Gasteiger partial charge in [0.25, 0.3) is 0 Å². The van der Waals surface area contributed by atoms with E-state index in [2.05, 4.69) is 25.2 Å². The van der Waals surface area contributed by atoms with Crippen molar-refractivity contribution in [2.24, 2.45) is 46.3 Å². The Labute approximate surface area is 198 Å². The largest absolute Gasteiger partial charge is 0.384 e. The van der Waals surface area contributed by atoms with Gasteiger partial charge < -0.3 is 4.74 Å². The van der Waals surface area contributed by atoms with Crippen LogP contribution in [0.5, 0.6) is 0 Å². The predicted octanol–water partition coefficient (Wildman–Crippen LogP) is 6.10. The number of hydrogen-bond acceptors (Lipinski definition) is 4. The summed E-state index contributed by atoms with van der Waals surface area (Å²) in [6.07, 6.45) is 17.7. The van der Waals surface area contributed by atoms with E-state index < -0.39 is 0 Å². The number of ketones is 1. The third-order valence-corrected chi connectivity index (χ3v) is 11.3. The number of aromatic nitrogens is 2. The lowest BCUT2D eigenvalue weighted by Gasteiger charge is -2.61. The molecule has 0 aromatic carbocycles. The fraction of sp³-hybridized carbons (Fsp3) is 0.852. The third kappa shape index (κ3) is 3.61. The Balaban J connectivity index is 1.35. The molecule has 0 N–H and O–H groups in total. The molecule has 1 aromatic heterocycles. The molecule has 178 valence electrons. The van der Waals surface area contributed by atoms with E-state index in [0.29, 0.717) is 23.7 Å². The first-order valence-electron chi connectivity index (χ1n) is 13.0. The molecule has 8 unspecified atom stereocenters. The van der Waals surface area contributed by atoms with E-state index in [9.17, 15) is 4.79 Å². The lowest BCUT2D eigenvalue weighted by molar-refractivity contribution is -0.154. The maximum Gasteiger partial charge on any atom is 0.157 e. The van der Waals surface area contributed by atoms with Crippen LogP contribution in [0.3, 0.4) is 0 Å². The molecule has 0 bridgehead atoms. The second-order valence-corrected chi connectivity index (χ2v) is 12.8. The summed E-state index contributed by atoms with van der Waals surface area (Å²) in [5.74, 6) is 4.64. The minimum absolute atomic E-state index is 0.177. The number of carbonyl (C=O) groups excluding carboxylic acids is 1. The van der Waals surface area contributed by atoms with Crippen molar-refractivity contribution in [3.63, 3.8) is 0 Å². The Morgan fingerprint density at radius 3 is 2.78 bits per heavy atom. The van der Waals surface area contributed by atoms with Gasteiger partial charge in [-0.05, 0) is 98.0 Å². The molecule has 0 saturated heterocycles. The Hall–Kier alpha value is -0.810. The molecule has 1 heterocycles. The summed E-state index contributed by atoms with van der Waals surface area (Å²) < 4.78 is 7.79. The maximum absolute atomic E-state index is 13.5. The molecule has 0 spiro atoms. The first-order chi connectivity index (χ1) is 15.4. The summed E-state index contributed by atoms with van der Waals surface area (Å²) in [6.45, 7) is 6.32. The van der Waals surface area contributed by atoms with Crippen LogP contribution in [-0.2, 0) is 16.1 Å². The molecule has 4 saturated carbocycles. The molecule has 0 radical (unpaired) electrons. The highest BCUT2D eigenvalue weighted by Gasteiger charge is 2.62. The van der Waals surface area contributed by atoms with Gasteiger partial charge >= 0.3 is 0 Å². The monoisotopic (exact) mass is 458 g/mol. The van der Waals surface area contributed by atoms with Crippen LogP contribution in [0.15, 0.2) is 17.3 Å². The highest BCUT2D eigenvalue weighted by atomic mass is 32.2. The lowest BCUT2D eigenvalue weighted by atomic mass is 9.44. The number of nitrogens with zero attached hydrogens (tertiary/aromatic N) is 2. The summed E-state index contributed by atoms with van der Waals surface area (Å²) >= 11 is 1.69. The number of rotatable bonds is 6. The Morgan fingerprint density at radius 2 is 2.03 bits per heavy atom. The van der Waals surface area contributed by atoms with E-state index in [1.54, 1.807) is 11.8 Å². The Bertz CT molecular complexity index is 839. The van der Waals surface area contributed by atoms with Crippen molar-refractivity contribution in [1.82, 2.24) is 9.78 Å². The topological polar surface area (TPSA) is 44.1 Å². The smallest absolute Gasteiger partial charge is 0.157 e. The maximum atomic E-state index is 13.5. The molecule has 5 rings (SSSR count). The van der Waals surface area contributed by atoms with Gasteiger partial charge in [0.15, 0.2) is 5.78 Å². The third-order valence-electron chi connectivity index (χ3n) is 10.6. The molecule has 4 fully saturated rings. The summed E-state index contributed by atoms with van der Waals surface area (Å²) in [4.78, 5) is 14.6. The average molecular weight is 459 g/mol. The van der Waals surface area contributed by atoms with Gasteiger partial charge in [-0.2, -0.15) is 5.10 Å². The van der Waals surface area contributed by atoms with Gasteiger partial charge in [0.05, 0.1) is 19.3 Å². The van der Waals surface area contributed by atoms with Crippen LogP contribution in [0.1, 0.15) is 71.6 Å². The molecule has 8 atom stereocenters. The highest BCUT2D eigenvalue weighted by Crippen LogP contribution is 2.68. The zero-order chi connectivity index (χ0) is 22.5. The van der Waals surface area contributed by atoms with E-state index in [4.69, 9.17) is 4.74 Å². The van der Waals surface area contributed by atoms with Crippen LogP contribution in [0, 0.1) is 46.3 Å². The molecule has 5 heteroatoms. The average Bonchev–Trinajstić information content (AvgIpc) is 3.37. The second kappa shape index (κ2) is 8.76. The van der Waals surface area contributed by atoms with Crippen molar-refractivity contribution in [3.05, 3.63) is 12.4 Å². The molecule has 0 aliphatic heterocycles. The van der Waals surface area contributed by atoms with E-state index >= 15 is 0 Å². The lowest BCUT2D eigenvalue weighted by Crippen LogP contribution is -2.56. The van der Waals surface area contributed by atoms with Crippen molar-refractivity contribution in [2.75, 3.05) is 20.0 Å². The van der Waals surface area contributed by atoms with Crippen molar-refractivity contribution >= 4 is 17.5 Å². The summed E-state index contributed by atoms with van der Waals surface area (Å²) in [6, 6.07) is 0. The van der Waals surface area contributed by atoms with Gasteiger partial charge in [0.2, 0.25) is 0 Å². The SMILES string of the molecule is COCC12CCC(C)CC1CCC1C3CCC(C(=O)Cn4cc(SC)cn4)C3(C)CCC12. The first kappa shape index (κ1) is 23.0. The fourth-order valence-electron chi connectivity index (χ4n) is 9.15. The minimum Gasteiger partial charge on any atom is -0.384 e. The molecule has 4 aliphatic rings. The highest BCUT2D eigenvalue weighted by molar-refractivity contribution is 7.98. The van der Waals surface area contributed by atoms with E-state index in [0.717, 1.165) is 41.6 Å². The number of Topliss-reactive ketones (excluding diaryl/α,β-unsaturated/α-hetero) is 1. The quantitative estimate of drug-likeness (QED) is 0.484. The van der Waals surface area contributed by atoms with E-state index in [1.165, 1.54) is 51.4 Å². The first-order valence-corrected chi connectivity index (χ1v) is 14.2. The minimum atomic E-state index is 0.177. The number of hydrogen-bond donors (Lipinski definition) is 0. The molecule has 4 aliphatic carbocycles. The zero-order valence-electron chi connectivity index (χ0n) is 20.5. The summed E-state index contributed by atoms with van der Waals surface area (Å²) in [5.41, 5.74) is 0.577. The van der Waals surface area contributed by atoms with Crippen LogP contribution in [0.25, 0.3) is 0 Å². The number of fused-ring (bicyclic) bond motifs is 5. The molecule has 32 heavy (non-hydrogen) atoms. The molecule has 0 amide bonds. The van der Waals surface area contributed by atoms with Crippen LogP contribution < -0.4 is 0 Å². The molecular formula is C27H42N2O2S. The predicted molar refractivity (Wildman–Crippen MR) is 130 cm³/mol. The van der Waals surface area contributed by atoms with Crippen LogP contribution in [-0.4, -0.2) is 35.5 Å². The van der Waals surface area contributed by atoms with E-state index in [1.807, 2.05) is 24.2 Å². The van der Waals surface area contributed by atoms with Crippen molar-refractivity contribution in [2.45, 2.75) is 83.1 Å². The fourth-order valence-corrected chi connectivity index (χ4v) is 9.53. The van der Waals surface area contributed by atoms with Gasteiger partial charge in [-0.3, -0.25) is 9.48 Å². The van der Waals surface area contributed by atoms with Crippen LogP contribution >= 0.6 is 11.8 Å². The zero-order valence-corrected chi connectivity index (χ0v) is 21.3. The number of ether oxygens (including phenoxy) is 1. The van der Waals surface area contributed by atoms with Crippen LogP contribution in [0.2, 0.25) is 0 Å². The van der Waals surface area contributed by atoms with Gasteiger partial charge in [0, 0.05) is 24.1 Å². The molecular weight excluding hydrogens is 416 g/mol. The van der Waals surface area contributed by atoms with Gasteiger partial charge in [0.1, 0.15) is 0 Å². The Kier molecular flexibility index (Phi) is 6.28. The van der Waals surface area contributed by atoms with Crippen molar-refractivity contribution < 1.29 is 9.53 Å². The molecule has 1 aromatic rings. The van der Waals surface area contributed by atoms with Crippen LogP contribution in [0.4, 0.5) is 0 Å².